The minimum atomic E-state index is -0.880. The van der Waals surface area contributed by atoms with Crippen LogP contribution in [0.2, 0.25) is 0 Å². The van der Waals surface area contributed by atoms with Crippen molar-refractivity contribution in [3.63, 3.8) is 0 Å². The number of hydrogen-bond donors (Lipinski definition) is 0. The van der Waals surface area contributed by atoms with Crippen molar-refractivity contribution in [1.29, 1.82) is 0 Å². The predicted octanol–water partition coefficient (Wildman–Crippen LogP) is 9.84. The Morgan fingerprint density at radius 2 is 1.25 bits per heavy atom. The molecule has 1 atom stereocenters. The zero-order valence-corrected chi connectivity index (χ0v) is 31.8. The van der Waals surface area contributed by atoms with Crippen LogP contribution in [0, 0.1) is 0 Å². The Hall–Kier alpha value is -5.56. The molecule has 6 heteroatoms. The van der Waals surface area contributed by atoms with Crippen molar-refractivity contribution in [2.24, 2.45) is 0 Å². The van der Waals surface area contributed by atoms with Gasteiger partial charge in [-0.15, -0.1) is 0 Å². The van der Waals surface area contributed by atoms with Gasteiger partial charge in [0.05, 0.1) is 33.5 Å². The summed E-state index contributed by atoms with van der Waals surface area (Å²) in [7, 11) is 1.71. The van der Waals surface area contributed by atoms with Gasteiger partial charge in [-0.2, -0.15) is 0 Å². The first-order valence-corrected chi connectivity index (χ1v) is 19.6. The summed E-state index contributed by atoms with van der Waals surface area (Å²) >= 11 is 0. The first-order chi connectivity index (χ1) is 26.9. The third-order valence-electron chi connectivity index (χ3n) is 12.3. The van der Waals surface area contributed by atoms with Crippen LogP contribution in [0.1, 0.15) is 41.7 Å². The summed E-state index contributed by atoms with van der Waals surface area (Å²) in [6.45, 7) is 11.2. The smallest absolute Gasteiger partial charge is 0.178 e. The van der Waals surface area contributed by atoms with Crippen molar-refractivity contribution in [2.75, 3.05) is 69.5 Å². The molecule has 276 valence electrons. The summed E-state index contributed by atoms with van der Waals surface area (Å²) in [5.74, 6) is 1.73. The maximum atomic E-state index is 7.71. The van der Waals surface area contributed by atoms with Gasteiger partial charge in [-0.1, -0.05) is 92.7 Å². The molecule has 10 rings (SSSR count). The molecule has 0 aromatic heterocycles. The fraction of sp³-hybridized carbons (Fsp3) is 0.265. The van der Waals surface area contributed by atoms with Crippen LogP contribution in [-0.4, -0.2) is 59.7 Å². The van der Waals surface area contributed by atoms with Crippen molar-refractivity contribution in [1.82, 2.24) is 0 Å². The molecule has 6 aromatic carbocycles. The molecule has 0 bridgehead atoms. The summed E-state index contributed by atoms with van der Waals surface area (Å²) in [5, 5.41) is 2.34. The van der Waals surface area contributed by atoms with Gasteiger partial charge in [-0.05, 0) is 87.3 Å². The van der Waals surface area contributed by atoms with Gasteiger partial charge >= 0.3 is 0 Å². The molecule has 0 spiro atoms. The molecule has 0 radical (unpaired) electrons. The standard InChI is InChI=1S/C49H46N2O4/c1-48(2)44-31-34(33-7-5-4-6-8-33)9-19-41(44)45-40-20-16-38(51-25-29-54-30-26-51)32-43(40)47-42(46(45)48)21-22-49(55-47,36-12-17-39(52-3)18-13-36)35-10-14-37(15-11-35)50-23-27-53-28-24-50/h4-22,31-32H,23-30H2,1-3H3. The molecular formula is C49H46N2O4. The number of nitrogens with zero attached hydrogens (tertiary/aromatic N) is 2. The Bertz CT molecular complexity index is 2430. The van der Waals surface area contributed by atoms with E-state index in [0.717, 1.165) is 86.2 Å². The van der Waals surface area contributed by atoms with E-state index in [2.05, 4.69) is 139 Å². The summed E-state index contributed by atoms with van der Waals surface area (Å²) in [6, 6.07) is 42.1. The maximum absolute atomic E-state index is 7.71. The molecule has 55 heavy (non-hydrogen) atoms. The second kappa shape index (κ2) is 13.3. The van der Waals surface area contributed by atoms with Crippen molar-refractivity contribution in [3.05, 3.63) is 149 Å². The van der Waals surface area contributed by atoms with Crippen molar-refractivity contribution < 1.29 is 18.9 Å². The Kier molecular flexibility index (Phi) is 8.23. The van der Waals surface area contributed by atoms with Crippen molar-refractivity contribution >= 4 is 28.2 Å². The highest BCUT2D eigenvalue weighted by atomic mass is 16.5. The van der Waals surface area contributed by atoms with Gasteiger partial charge in [-0.25, -0.2) is 0 Å². The number of anilines is 2. The van der Waals surface area contributed by atoms with E-state index in [1.54, 1.807) is 7.11 Å². The number of ether oxygens (including phenoxy) is 4. The van der Waals surface area contributed by atoms with Crippen LogP contribution < -0.4 is 19.3 Å². The van der Waals surface area contributed by atoms with Crippen molar-refractivity contribution in [2.45, 2.75) is 24.9 Å². The summed E-state index contributed by atoms with van der Waals surface area (Å²) < 4.78 is 24.7. The van der Waals surface area contributed by atoms with E-state index in [4.69, 9.17) is 18.9 Å². The molecule has 2 saturated heterocycles. The molecule has 1 unspecified atom stereocenters. The van der Waals surface area contributed by atoms with E-state index < -0.39 is 5.60 Å². The number of morpholine rings is 2. The fourth-order valence-electron chi connectivity index (χ4n) is 9.36. The lowest BCUT2D eigenvalue weighted by Crippen LogP contribution is -2.37. The summed E-state index contributed by atoms with van der Waals surface area (Å²) in [4.78, 5) is 4.83. The molecule has 4 aliphatic rings. The molecule has 0 amide bonds. The van der Waals surface area contributed by atoms with E-state index in [1.807, 2.05) is 12.1 Å². The summed E-state index contributed by atoms with van der Waals surface area (Å²) in [6.07, 6.45) is 4.64. The van der Waals surface area contributed by atoms with Gasteiger partial charge in [0.2, 0.25) is 0 Å². The Morgan fingerprint density at radius 3 is 1.93 bits per heavy atom. The van der Waals surface area contributed by atoms with Crippen LogP contribution >= 0.6 is 0 Å². The lowest BCUT2D eigenvalue weighted by atomic mass is 9.76. The topological polar surface area (TPSA) is 43.4 Å². The minimum Gasteiger partial charge on any atom is -0.497 e. The Morgan fingerprint density at radius 1 is 0.618 bits per heavy atom. The Labute approximate surface area is 323 Å². The minimum absolute atomic E-state index is 0.274. The van der Waals surface area contributed by atoms with Crippen LogP contribution in [0.15, 0.2) is 121 Å². The van der Waals surface area contributed by atoms with E-state index in [0.29, 0.717) is 0 Å². The number of benzene rings is 6. The van der Waals surface area contributed by atoms with Crippen LogP contribution in [0.25, 0.3) is 39.1 Å². The lowest BCUT2D eigenvalue weighted by Gasteiger charge is -2.39. The molecule has 2 fully saturated rings. The number of fused-ring (bicyclic) bond motifs is 8. The first-order valence-electron chi connectivity index (χ1n) is 19.6. The highest BCUT2D eigenvalue weighted by Crippen LogP contribution is 2.59. The van der Waals surface area contributed by atoms with Crippen LogP contribution in [0.5, 0.6) is 11.5 Å². The zero-order valence-electron chi connectivity index (χ0n) is 31.8. The Balaban J connectivity index is 1.19. The number of methoxy groups -OCH3 is 1. The second-order valence-corrected chi connectivity index (χ2v) is 15.6. The quantitative estimate of drug-likeness (QED) is 0.170. The first kappa shape index (κ1) is 34.0. The fourth-order valence-corrected chi connectivity index (χ4v) is 9.36. The number of hydrogen-bond acceptors (Lipinski definition) is 6. The molecular weight excluding hydrogens is 681 g/mol. The third-order valence-corrected chi connectivity index (χ3v) is 12.3. The molecule has 1 aliphatic carbocycles. The van der Waals surface area contributed by atoms with Crippen molar-refractivity contribution in [3.8, 4) is 33.8 Å². The van der Waals surface area contributed by atoms with Gasteiger partial charge in [0.1, 0.15) is 11.5 Å². The van der Waals surface area contributed by atoms with Crippen LogP contribution in [0.4, 0.5) is 11.4 Å². The average Bonchev–Trinajstić information content (AvgIpc) is 3.50. The largest absolute Gasteiger partial charge is 0.497 e. The summed E-state index contributed by atoms with van der Waals surface area (Å²) in [5.41, 5.74) is 12.2. The third kappa shape index (κ3) is 5.53. The van der Waals surface area contributed by atoms with E-state index in [1.165, 1.54) is 50.1 Å². The normalized spacial score (nSPS) is 19.8. The average molecular weight is 727 g/mol. The maximum Gasteiger partial charge on any atom is 0.178 e. The molecule has 6 nitrogen and oxygen atoms in total. The lowest BCUT2D eigenvalue weighted by molar-refractivity contribution is 0.122. The van der Waals surface area contributed by atoms with Gasteiger partial charge in [0.15, 0.2) is 5.60 Å². The van der Waals surface area contributed by atoms with Gasteiger partial charge in [-0.3, -0.25) is 0 Å². The van der Waals surface area contributed by atoms with Gasteiger partial charge in [0.25, 0.3) is 0 Å². The van der Waals surface area contributed by atoms with Crippen LogP contribution in [0.3, 0.4) is 0 Å². The van der Waals surface area contributed by atoms with Gasteiger partial charge < -0.3 is 28.7 Å². The van der Waals surface area contributed by atoms with E-state index in [-0.39, 0.29) is 5.41 Å². The van der Waals surface area contributed by atoms with Crippen LogP contribution in [-0.2, 0) is 20.5 Å². The van der Waals surface area contributed by atoms with E-state index in [9.17, 15) is 0 Å². The monoisotopic (exact) mass is 726 g/mol. The molecule has 0 N–H and O–H groups in total. The molecule has 3 heterocycles. The zero-order chi connectivity index (χ0) is 37.1. The molecule has 0 saturated carbocycles. The second-order valence-electron chi connectivity index (χ2n) is 15.6. The van der Waals surface area contributed by atoms with Gasteiger partial charge in [0, 0.05) is 65.0 Å². The molecule has 3 aliphatic heterocycles. The predicted molar refractivity (Wildman–Crippen MR) is 223 cm³/mol. The highest BCUT2D eigenvalue weighted by molar-refractivity contribution is 6.09. The SMILES string of the molecule is COc1ccc(C2(c3ccc(N4CCOCC4)cc3)C=Cc3c4c(c5ccc(N6CCOCC6)cc5c3O2)-c2ccc(-c3ccccc3)cc2C4(C)C)cc1. The highest BCUT2D eigenvalue weighted by Gasteiger charge is 2.44. The number of rotatable bonds is 6. The van der Waals surface area contributed by atoms with E-state index >= 15 is 0 Å². The molecule has 6 aromatic rings.